The largest absolute Gasteiger partial charge is 0.478 e. The van der Waals surface area contributed by atoms with Crippen LogP contribution in [0.15, 0.2) is 18.3 Å². The first-order valence-electron chi connectivity index (χ1n) is 5.30. The van der Waals surface area contributed by atoms with E-state index in [1.165, 1.54) is 6.20 Å². The molecule has 4 heteroatoms. The van der Waals surface area contributed by atoms with E-state index in [0.29, 0.717) is 11.2 Å². The quantitative estimate of drug-likeness (QED) is 0.858. The lowest BCUT2D eigenvalue weighted by Crippen LogP contribution is -2.06. The van der Waals surface area contributed by atoms with Crippen LogP contribution in [0.5, 0.6) is 0 Å². The number of carbonyl (C=O) groups is 1. The molecule has 1 atom stereocenters. The lowest BCUT2D eigenvalue weighted by Gasteiger charge is -2.14. The molecule has 16 heavy (non-hydrogen) atoms. The highest BCUT2D eigenvalue weighted by molar-refractivity contribution is 7.99. The van der Waals surface area contributed by atoms with Crippen LogP contribution < -0.4 is 0 Å². The zero-order chi connectivity index (χ0) is 12.1. The van der Waals surface area contributed by atoms with Gasteiger partial charge >= 0.3 is 5.97 Å². The molecule has 0 aliphatic rings. The van der Waals surface area contributed by atoms with Gasteiger partial charge in [-0.05, 0) is 18.1 Å². The standard InChI is InChI=1S/C12H17NO2S/c1-8(2)9(3)16-7-11-5-4-10(6-13-11)12(14)15/h4-6,8-9H,7H2,1-3H3,(H,14,15). The molecule has 1 rings (SSSR count). The van der Waals surface area contributed by atoms with Gasteiger partial charge in [-0.15, -0.1) is 0 Å². The van der Waals surface area contributed by atoms with Crippen molar-refractivity contribution in [3.8, 4) is 0 Å². The Labute approximate surface area is 100 Å². The molecule has 1 N–H and O–H groups in total. The monoisotopic (exact) mass is 239 g/mol. The van der Waals surface area contributed by atoms with Gasteiger partial charge in [-0.2, -0.15) is 11.8 Å². The van der Waals surface area contributed by atoms with Gasteiger partial charge in [0.15, 0.2) is 0 Å². The van der Waals surface area contributed by atoms with Gasteiger partial charge in [0.1, 0.15) is 0 Å². The summed E-state index contributed by atoms with van der Waals surface area (Å²) in [6.45, 7) is 6.58. The fourth-order valence-corrected chi connectivity index (χ4v) is 2.03. The van der Waals surface area contributed by atoms with Gasteiger partial charge in [0, 0.05) is 17.2 Å². The van der Waals surface area contributed by atoms with E-state index in [0.717, 1.165) is 11.4 Å². The summed E-state index contributed by atoms with van der Waals surface area (Å²) in [6.07, 6.45) is 1.41. The minimum absolute atomic E-state index is 0.241. The van der Waals surface area contributed by atoms with Crippen molar-refractivity contribution in [1.29, 1.82) is 0 Å². The fraction of sp³-hybridized carbons (Fsp3) is 0.500. The molecule has 3 nitrogen and oxygen atoms in total. The van der Waals surface area contributed by atoms with Crippen LogP contribution in [0.1, 0.15) is 36.8 Å². The fourth-order valence-electron chi connectivity index (χ4n) is 1.05. The zero-order valence-corrected chi connectivity index (χ0v) is 10.6. The Kier molecular flexibility index (Phi) is 4.80. The Bertz CT molecular complexity index is 349. The van der Waals surface area contributed by atoms with Gasteiger partial charge in [0.25, 0.3) is 0 Å². The molecule has 0 radical (unpaired) electrons. The Morgan fingerprint density at radius 2 is 2.12 bits per heavy atom. The average Bonchev–Trinajstić information content (AvgIpc) is 2.26. The summed E-state index contributed by atoms with van der Waals surface area (Å²) >= 11 is 1.84. The normalized spacial score (nSPS) is 12.8. The summed E-state index contributed by atoms with van der Waals surface area (Å²) in [4.78, 5) is 14.8. The van der Waals surface area contributed by atoms with Crippen LogP contribution in [0, 0.1) is 5.92 Å². The van der Waals surface area contributed by atoms with Crippen molar-refractivity contribution < 1.29 is 9.90 Å². The summed E-state index contributed by atoms with van der Waals surface area (Å²) in [5.41, 5.74) is 1.17. The lowest BCUT2D eigenvalue weighted by atomic mass is 10.2. The van der Waals surface area contributed by atoms with Gasteiger partial charge in [-0.25, -0.2) is 4.79 Å². The van der Waals surface area contributed by atoms with Crippen LogP contribution in [0.4, 0.5) is 0 Å². The molecule has 0 aliphatic carbocycles. The second-order valence-corrected chi connectivity index (χ2v) is 5.47. The maximum absolute atomic E-state index is 10.6. The highest BCUT2D eigenvalue weighted by atomic mass is 32.2. The van der Waals surface area contributed by atoms with Crippen LogP contribution >= 0.6 is 11.8 Å². The van der Waals surface area contributed by atoms with E-state index in [2.05, 4.69) is 25.8 Å². The van der Waals surface area contributed by atoms with E-state index in [9.17, 15) is 4.79 Å². The van der Waals surface area contributed by atoms with E-state index in [-0.39, 0.29) is 5.56 Å². The molecular weight excluding hydrogens is 222 g/mol. The number of carboxylic acid groups (broad SMARTS) is 1. The number of hydrogen-bond donors (Lipinski definition) is 1. The van der Waals surface area contributed by atoms with Crippen LogP contribution in [0.25, 0.3) is 0 Å². The zero-order valence-electron chi connectivity index (χ0n) is 9.80. The number of nitrogens with zero attached hydrogens (tertiary/aromatic N) is 1. The first-order valence-corrected chi connectivity index (χ1v) is 6.35. The SMILES string of the molecule is CC(C)C(C)SCc1ccc(C(=O)O)cn1. The molecule has 0 saturated heterocycles. The lowest BCUT2D eigenvalue weighted by molar-refractivity contribution is 0.0696. The maximum atomic E-state index is 10.6. The molecule has 0 bridgehead atoms. The van der Waals surface area contributed by atoms with E-state index in [1.54, 1.807) is 12.1 Å². The molecule has 0 aliphatic heterocycles. The van der Waals surface area contributed by atoms with Gasteiger partial charge in [0.2, 0.25) is 0 Å². The van der Waals surface area contributed by atoms with E-state index in [1.807, 2.05) is 11.8 Å². The van der Waals surface area contributed by atoms with Crippen LogP contribution in [-0.4, -0.2) is 21.3 Å². The number of thioether (sulfide) groups is 1. The number of pyridine rings is 1. The van der Waals surface area contributed by atoms with Crippen LogP contribution in [0.3, 0.4) is 0 Å². The Hall–Kier alpha value is -1.03. The number of carboxylic acids is 1. The molecule has 0 amide bonds. The summed E-state index contributed by atoms with van der Waals surface area (Å²) in [6, 6.07) is 3.38. The number of rotatable bonds is 5. The molecule has 0 fully saturated rings. The minimum atomic E-state index is -0.928. The average molecular weight is 239 g/mol. The highest BCUT2D eigenvalue weighted by Crippen LogP contribution is 2.22. The summed E-state index contributed by atoms with van der Waals surface area (Å²) in [5.74, 6) is 0.546. The topological polar surface area (TPSA) is 50.2 Å². The van der Waals surface area contributed by atoms with Gasteiger partial charge in [0.05, 0.1) is 11.3 Å². The van der Waals surface area contributed by atoms with Crippen molar-refractivity contribution in [3.05, 3.63) is 29.6 Å². The number of aromatic nitrogens is 1. The van der Waals surface area contributed by atoms with Gasteiger partial charge in [-0.1, -0.05) is 20.8 Å². The second-order valence-electron chi connectivity index (χ2n) is 4.10. The number of hydrogen-bond acceptors (Lipinski definition) is 3. The first-order chi connectivity index (χ1) is 7.50. The summed E-state index contributed by atoms with van der Waals surface area (Å²) in [7, 11) is 0. The summed E-state index contributed by atoms with van der Waals surface area (Å²) < 4.78 is 0. The van der Waals surface area contributed by atoms with Crippen molar-refractivity contribution >= 4 is 17.7 Å². The third-order valence-electron chi connectivity index (χ3n) is 2.50. The third-order valence-corrected chi connectivity index (χ3v) is 4.04. The van der Waals surface area contributed by atoms with Crippen molar-refractivity contribution in [1.82, 2.24) is 4.98 Å². The van der Waals surface area contributed by atoms with E-state index in [4.69, 9.17) is 5.11 Å². The molecule has 1 aromatic heterocycles. The van der Waals surface area contributed by atoms with Crippen LogP contribution in [0.2, 0.25) is 0 Å². The van der Waals surface area contributed by atoms with Gasteiger partial charge < -0.3 is 5.11 Å². The molecule has 1 heterocycles. The summed E-state index contributed by atoms with van der Waals surface area (Å²) in [5, 5.41) is 9.31. The molecule has 0 aromatic carbocycles. The molecule has 1 aromatic rings. The van der Waals surface area contributed by atoms with Crippen molar-refractivity contribution in [2.45, 2.75) is 31.8 Å². The molecule has 0 saturated carbocycles. The molecule has 1 unspecified atom stereocenters. The molecule has 0 spiro atoms. The second kappa shape index (κ2) is 5.89. The van der Waals surface area contributed by atoms with E-state index >= 15 is 0 Å². The van der Waals surface area contributed by atoms with E-state index < -0.39 is 5.97 Å². The smallest absolute Gasteiger partial charge is 0.337 e. The Morgan fingerprint density at radius 3 is 2.56 bits per heavy atom. The van der Waals surface area contributed by atoms with Gasteiger partial charge in [-0.3, -0.25) is 4.98 Å². The Morgan fingerprint density at radius 1 is 1.44 bits per heavy atom. The van der Waals surface area contributed by atoms with Crippen molar-refractivity contribution in [2.24, 2.45) is 5.92 Å². The first kappa shape index (κ1) is 13.0. The predicted molar refractivity (Wildman–Crippen MR) is 66.8 cm³/mol. The third kappa shape index (κ3) is 3.85. The minimum Gasteiger partial charge on any atom is -0.478 e. The predicted octanol–water partition coefficient (Wildman–Crippen LogP) is 3.06. The Balaban J connectivity index is 2.53. The number of aromatic carboxylic acids is 1. The maximum Gasteiger partial charge on any atom is 0.337 e. The molecular formula is C12H17NO2S. The van der Waals surface area contributed by atoms with Crippen LogP contribution in [-0.2, 0) is 5.75 Å². The van der Waals surface area contributed by atoms with Crippen molar-refractivity contribution in [2.75, 3.05) is 0 Å². The highest BCUT2D eigenvalue weighted by Gasteiger charge is 2.08. The van der Waals surface area contributed by atoms with Crippen molar-refractivity contribution in [3.63, 3.8) is 0 Å². The molecule has 88 valence electrons.